The first-order valence-electron chi connectivity index (χ1n) is 7.28. The third-order valence-electron chi connectivity index (χ3n) is 4.49. The molecule has 0 N–H and O–H groups in total. The highest BCUT2D eigenvalue weighted by Crippen LogP contribution is 2.35. The van der Waals surface area contributed by atoms with Gasteiger partial charge in [-0.05, 0) is 27.4 Å². The molecule has 0 unspecified atom stereocenters. The Morgan fingerprint density at radius 2 is 1.86 bits per heavy atom. The van der Waals surface area contributed by atoms with E-state index in [2.05, 4.69) is 68.7 Å². The molecule has 2 aromatic rings. The lowest BCUT2D eigenvalue weighted by Gasteiger charge is -2.23. The van der Waals surface area contributed by atoms with Gasteiger partial charge in [0.05, 0.1) is 11.4 Å². The minimum atomic E-state index is -1.69. The molecule has 0 fully saturated rings. The van der Waals surface area contributed by atoms with Crippen molar-refractivity contribution in [2.45, 2.75) is 39.3 Å². The third kappa shape index (κ3) is 2.17. The van der Waals surface area contributed by atoms with Crippen LogP contribution in [0.2, 0.25) is 13.1 Å². The zero-order valence-corrected chi connectivity index (χ0v) is 15.5. The topological polar surface area (TPSA) is 22.1 Å². The van der Waals surface area contributed by atoms with Crippen molar-refractivity contribution in [2.24, 2.45) is 0 Å². The van der Waals surface area contributed by atoms with Gasteiger partial charge in [-0.15, -0.1) is 0 Å². The van der Waals surface area contributed by atoms with E-state index in [9.17, 15) is 0 Å². The lowest BCUT2D eigenvalue weighted by Crippen LogP contribution is -2.49. The predicted octanol–water partition coefficient (Wildman–Crippen LogP) is 2.64. The van der Waals surface area contributed by atoms with E-state index in [0.29, 0.717) is 0 Å². The summed E-state index contributed by atoms with van der Waals surface area (Å²) < 4.78 is 5.50. The van der Waals surface area contributed by atoms with E-state index in [0.717, 1.165) is 11.4 Å². The number of pyridine rings is 1. The van der Waals surface area contributed by atoms with Gasteiger partial charge in [0.2, 0.25) is 0 Å². The molecule has 4 heteroatoms. The van der Waals surface area contributed by atoms with Crippen LogP contribution in [0.5, 0.6) is 5.75 Å². The Labute approximate surface area is 136 Å². The molecule has 0 atom stereocenters. The van der Waals surface area contributed by atoms with Crippen LogP contribution in [-0.4, -0.2) is 29.7 Å². The highest BCUT2D eigenvalue weighted by Gasteiger charge is 2.40. The Bertz CT molecular complexity index is 719. The quantitative estimate of drug-likeness (QED) is 0.756. The van der Waals surface area contributed by atoms with E-state index in [-0.39, 0.29) is 5.41 Å². The van der Waals surface area contributed by atoms with Gasteiger partial charge in [-0.2, -0.15) is 0 Å². The number of hydrogen-bond acceptors (Lipinski definition) is 2. The summed E-state index contributed by atoms with van der Waals surface area (Å²) in [6.45, 7) is 11.5. The zero-order chi connectivity index (χ0) is 15.4. The summed E-state index contributed by atoms with van der Waals surface area (Å²) in [5.41, 5.74) is 3.75. The van der Waals surface area contributed by atoms with E-state index >= 15 is 0 Å². The van der Waals surface area contributed by atoms with Crippen LogP contribution in [0.15, 0.2) is 30.5 Å². The van der Waals surface area contributed by atoms with E-state index in [4.69, 9.17) is 8.77 Å². The van der Waals surface area contributed by atoms with Crippen molar-refractivity contribution in [3.05, 3.63) is 36.0 Å². The summed E-state index contributed by atoms with van der Waals surface area (Å²) in [5.74, 6) is 0.910. The van der Waals surface area contributed by atoms with Crippen molar-refractivity contribution in [2.75, 3.05) is 0 Å². The molecule has 3 rings (SSSR count). The highest BCUT2D eigenvalue weighted by atomic mass is 28.3. The van der Waals surface area contributed by atoms with Crippen LogP contribution >= 0.6 is 0 Å². The Morgan fingerprint density at radius 3 is 2.48 bits per heavy atom. The van der Waals surface area contributed by atoms with Crippen LogP contribution in [0.4, 0.5) is 0 Å². The van der Waals surface area contributed by atoms with Crippen molar-refractivity contribution >= 4 is 35.1 Å². The van der Waals surface area contributed by atoms with Crippen LogP contribution in [0.1, 0.15) is 26.3 Å². The second-order valence-electron chi connectivity index (χ2n) is 7.29. The summed E-state index contributed by atoms with van der Waals surface area (Å²) in [4.78, 5) is 4.82. The molecule has 1 aromatic heterocycles. The summed E-state index contributed by atoms with van der Waals surface area (Å²) in [6, 6.07) is 8.72. The number of hydrogen-bond donors (Lipinski definition) is 0. The molecule has 1 aliphatic rings. The first-order chi connectivity index (χ1) is 9.76. The molecule has 2 nitrogen and oxygen atoms in total. The molecule has 2 radical (unpaired) electrons. The third-order valence-corrected chi connectivity index (χ3v) is 8.24. The van der Waals surface area contributed by atoms with E-state index in [1.807, 2.05) is 12.3 Å². The largest absolute Gasteiger partial charge is 0.653 e. The molecule has 0 bridgehead atoms. The Kier molecular flexibility index (Phi) is 3.33. The summed E-state index contributed by atoms with van der Waals surface area (Å²) in [5, 5.41) is 2.86. The predicted molar refractivity (Wildman–Crippen MR) is 91.5 cm³/mol. The van der Waals surface area contributed by atoms with Gasteiger partial charge in [0.1, 0.15) is 8.07 Å². The highest BCUT2D eigenvalue weighted by molar-refractivity contribution is 7.03. The monoisotopic (exact) mass is 309 g/mol. The molecule has 106 valence electrons. The standard InChI is InChI=1S/C17H21NOSi.Al/c1-17(2,3)11-9-14-16(18-10-11)15-12(19)7-6-8-13(15)20(14,4)5;/h6-10,19H,1-5H3;/q;+1/p-1. The maximum atomic E-state index is 5.50. The average molecular weight is 309 g/mol. The van der Waals surface area contributed by atoms with E-state index in [1.54, 1.807) is 0 Å². The molecular weight excluding hydrogens is 289 g/mol. The summed E-state index contributed by atoms with van der Waals surface area (Å²) in [7, 11) is -1.69. The van der Waals surface area contributed by atoms with E-state index < -0.39 is 8.07 Å². The first-order valence-corrected chi connectivity index (χ1v) is 10.8. The molecule has 0 aliphatic carbocycles. The Balaban J connectivity index is 2.30. The van der Waals surface area contributed by atoms with Crippen molar-refractivity contribution in [3.63, 3.8) is 0 Å². The fourth-order valence-corrected chi connectivity index (χ4v) is 6.25. The Hall–Kier alpha value is -1.08. The van der Waals surface area contributed by atoms with Crippen molar-refractivity contribution < 1.29 is 3.79 Å². The minimum absolute atomic E-state index is 0.126. The minimum Gasteiger partial charge on any atom is -0.653 e. The number of aromatic nitrogens is 1. The number of benzene rings is 1. The maximum absolute atomic E-state index is 5.50. The average Bonchev–Trinajstić information content (AvgIpc) is 2.66. The van der Waals surface area contributed by atoms with Crippen LogP contribution in [0.3, 0.4) is 0 Å². The van der Waals surface area contributed by atoms with Crippen LogP contribution in [0, 0.1) is 0 Å². The molecule has 1 aromatic carbocycles. The second kappa shape index (κ2) is 4.71. The number of rotatable bonds is 1. The molecular formula is C17H20AlNOSi. The Morgan fingerprint density at radius 1 is 1.14 bits per heavy atom. The molecule has 2 heterocycles. The fraction of sp³-hybridized carbons (Fsp3) is 0.353. The van der Waals surface area contributed by atoms with Gasteiger partial charge in [-0.1, -0.05) is 52.1 Å². The smallest absolute Gasteiger partial charge is 0.482 e. The second-order valence-corrected chi connectivity index (χ2v) is 11.9. The molecule has 0 saturated carbocycles. The maximum Gasteiger partial charge on any atom is 0.482 e. The van der Waals surface area contributed by atoms with Crippen LogP contribution < -0.4 is 14.2 Å². The molecule has 1 aliphatic heterocycles. The SMILES string of the molecule is CC(C)(C)c1cnc2c(c1)[Si](C)(C)c1cccc([O][Al])c1-2. The molecule has 0 spiro atoms. The van der Waals surface area contributed by atoms with Gasteiger partial charge in [0.15, 0.2) is 0 Å². The van der Waals surface area contributed by atoms with Crippen molar-refractivity contribution in [1.82, 2.24) is 4.98 Å². The van der Waals surface area contributed by atoms with Gasteiger partial charge in [0.25, 0.3) is 0 Å². The van der Waals surface area contributed by atoms with Crippen molar-refractivity contribution in [3.8, 4) is 17.0 Å². The fourth-order valence-electron chi connectivity index (χ4n) is 3.09. The number of nitrogens with zero attached hydrogens (tertiary/aromatic N) is 1. The number of fused-ring (bicyclic) bond motifs is 3. The molecule has 0 saturated heterocycles. The van der Waals surface area contributed by atoms with Gasteiger partial charge in [-0.25, -0.2) is 0 Å². The normalized spacial score (nSPS) is 15.5. The molecule has 0 amide bonds. The van der Waals surface area contributed by atoms with Gasteiger partial charge >= 0.3 is 16.6 Å². The lowest BCUT2D eigenvalue weighted by atomic mass is 9.88. The lowest BCUT2D eigenvalue weighted by molar-refractivity contribution is 0.588. The van der Waals surface area contributed by atoms with Gasteiger partial charge in [-0.3, -0.25) is 4.98 Å². The van der Waals surface area contributed by atoms with Gasteiger partial charge in [0, 0.05) is 11.8 Å². The van der Waals surface area contributed by atoms with Gasteiger partial charge < -0.3 is 3.79 Å². The van der Waals surface area contributed by atoms with Crippen LogP contribution in [-0.2, 0) is 5.41 Å². The first kappa shape index (κ1) is 14.8. The van der Waals surface area contributed by atoms with E-state index in [1.165, 1.54) is 21.5 Å². The summed E-state index contributed by atoms with van der Waals surface area (Å²) >= 11 is 2.36. The zero-order valence-electron chi connectivity index (χ0n) is 13.3. The summed E-state index contributed by atoms with van der Waals surface area (Å²) in [6.07, 6.45) is 2.03. The van der Waals surface area contributed by atoms with Crippen molar-refractivity contribution in [1.29, 1.82) is 0 Å². The van der Waals surface area contributed by atoms with Crippen LogP contribution in [0.25, 0.3) is 11.3 Å². The molecule has 21 heavy (non-hydrogen) atoms.